The van der Waals surface area contributed by atoms with Crippen LogP contribution in [0.25, 0.3) is 0 Å². The first-order chi connectivity index (χ1) is 9.73. The van der Waals surface area contributed by atoms with Gasteiger partial charge in [-0.15, -0.1) is 0 Å². The van der Waals surface area contributed by atoms with Gasteiger partial charge in [-0.2, -0.15) is 8.42 Å². The Morgan fingerprint density at radius 3 is 1.62 bits per heavy atom. The first kappa shape index (κ1) is 20.9. The molecule has 1 unspecified atom stereocenters. The highest BCUT2D eigenvalue weighted by molar-refractivity contribution is 7.87. The van der Waals surface area contributed by atoms with Crippen LogP contribution in [0.3, 0.4) is 0 Å². The van der Waals surface area contributed by atoms with Crippen molar-refractivity contribution in [1.82, 2.24) is 0 Å². The molecule has 0 radical (unpaired) electrons. The molecule has 21 heavy (non-hydrogen) atoms. The van der Waals surface area contributed by atoms with Gasteiger partial charge >= 0.3 is 0 Å². The minimum absolute atomic E-state index is 0.0125. The second-order valence-electron chi connectivity index (χ2n) is 6.95. The van der Waals surface area contributed by atoms with Crippen LogP contribution in [0.4, 0.5) is 0 Å². The van der Waals surface area contributed by atoms with E-state index in [1.54, 1.807) is 13.8 Å². The zero-order valence-electron chi connectivity index (χ0n) is 14.5. The fourth-order valence-electron chi connectivity index (χ4n) is 2.54. The highest BCUT2D eigenvalue weighted by atomic mass is 32.2. The van der Waals surface area contributed by atoms with Gasteiger partial charge in [0.05, 0.1) is 4.75 Å². The maximum Gasteiger partial charge on any atom is 0.270 e. The van der Waals surface area contributed by atoms with Crippen molar-refractivity contribution < 1.29 is 13.0 Å². The van der Waals surface area contributed by atoms with Gasteiger partial charge in [-0.3, -0.25) is 4.55 Å². The highest BCUT2D eigenvalue weighted by Gasteiger charge is 2.37. The molecule has 1 N–H and O–H groups in total. The molecule has 0 fully saturated rings. The van der Waals surface area contributed by atoms with Crippen LogP contribution in [-0.4, -0.2) is 17.7 Å². The smallest absolute Gasteiger partial charge is 0.270 e. The minimum atomic E-state index is -3.96. The predicted molar refractivity (Wildman–Crippen MR) is 91.3 cm³/mol. The van der Waals surface area contributed by atoms with Crippen LogP contribution in [0.2, 0.25) is 0 Å². The second-order valence-corrected chi connectivity index (χ2v) is 8.95. The summed E-state index contributed by atoms with van der Waals surface area (Å²) in [6.45, 7) is 7.39. The van der Waals surface area contributed by atoms with E-state index in [0.29, 0.717) is 0 Å². The van der Waals surface area contributed by atoms with Crippen LogP contribution in [0.5, 0.6) is 0 Å². The Morgan fingerprint density at radius 2 is 1.24 bits per heavy atom. The lowest BCUT2D eigenvalue weighted by Gasteiger charge is -2.28. The lowest BCUT2D eigenvalue weighted by Crippen LogP contribution is -2.38. The molecule has 0 aliphatic rings. The molecule has 0 spiro atoms. The summed E-state index contributed by atoms with van der Waals surface area (Å²) in [7, 11) is -3.96. The Labute approximate surface area is 132 Å². The summed E-state index contributed by atoms with van der Waals surface area (Å²) < 4.78 is 30.9. The molecule has 0 aromatic rings. The third-order valence-corrected chi connectivity index (χ3v) is 6.57. The Morgan fingerprint density at radius 1 is 0.857 bits per heavy atom. The van der Waals surface area contributed by atoms with E-state index in [-0.39, 0.29) is 5.92 Å². The normalized spacial score (nSPS) is 14.3. The first-order valence-corrected chi connectivity index (χ1v) is 10.1. The Balaban J connectivity index is 3.59. The Kier molecular flexibility index (Phi) is 10.6. The molecule has 0 aromatic heterocycles. The van der Waals surface area contributed by atoms with Crippen LogP contribution in [0.1, 0.15) is 98.3 Å². The summed E-state index contributed by atoms with van der Waals surface area (Å²) >= 11 is 0. The quantitative estimate of drug-likeness (QED) is 0.355. The van der Waals surface area contributed by atoms with E-state index in [1.807, 2.05) is 6.92 Å². The summed E-state index contributed by atoms with van der Waals surface area (Å²) in [5.74, 6) is -0.0125. The van der Waals surface area contributed by atoms with Gasteiger partial charge in [0.25, 0.3) is 10.1 Å². The van der Waals surface area contributed by atoms with Gasteiger partial charge in [0, 0.05) is 0 Å². The van der Waals surface area contributed by atoms with Gasteiger partial charge in [-0.25, -0.2) is 0 Å². The van der Waals surface area contributed by atoms with Crippen LogP contribution in [-0.2, 0) is 10.1 Å². The van der Waals surface area contributed by atoms with E-state index in [1.165, 1.54) is 57.8 Å². The highest BCUT2D eigenvalue weighted by Crippen LogP contribution is 2.29. The molecule has 0 aromatic carbocycles. The molecule has 4 heteroatoms. The lowest BCUT2D eigenvalue weighted by atomic mass is 9.91. The monoisotopic (exact) mass is 320 g/mol. The zero-order valence-corrected chi connectivity index (χ0v) is 15.3. The number of hydrogen-bond donors (Lipinski definition) is 1. The number of rotatable bonds is 13. The molecule has 1 atom stereocenters. The molecule has 3 nitrogen and oxygen atoms in total. The van der Waals surface area contributed by atoms with Crippen molar-refractivity contribution in [3.05, 3.63) is 0 Å². The number of hydrogen-bond acceptors (Lipinski definition) is 2. The third-order valence-electron chi connectivity index (χ3n) is 4.84. The van der Waals surface area contributed by atoms with Crippen molar-refractivity contribution in [2.75, 3.05) is 0 Å². The number of unbranched alkanes of at least 4 members (excludes halogenated alkanes) is 9. The summed E-state index contributed by atoms with van der Waals surface area (Å²) in [6, 6.07) is 0. The van der Waals surface area contributed by atoms with Gasteiger partial charge in [-0.05, 0) is 26.2 Å². The van der Waals surface area contributed by atoms with Crippen LogP contribution < -0.4 is 0 Å². The molecule has 0 saturated carbocycles. The van der Waals surface area contributed by atoms with Gasteiger partial charge in [0.15, 0.2) is 0 Å². The molecule has 0 bridgehead atoms. The predicted octanol–water partition coefficient (Wildman–Crippen LogP) is 5.60. The van der Waals surface area contributed by atoms with Gasteiger partial charge in [0.2, 0.25) is 0 Å². The van der Waals surface area contributed by atoms with E-state index in [9.17, 15) is 13.0 Å². The van der Waals surface area contributed by atoms with Crippen molar-refractivity contribution in [2.24, 2.45) is 5.92 Å². The maximum absolute atomic E-state index is 11.3. The molecule has 0 rings (SSSR count). The van der Waals surface area contributed by atoms with Crippen molar-refractivity contribution in [3.8, 4) is 0 Å². The van der Waals surface area contributed by atoms with Crippen LogP contribution in [0, 0.1) is 5.92 Å². The van der Waals surface area contributed by atoms with Crippen LogP contribution in [0.15, 0.2) is 0 Å². The molecule has 0 aliphatic heterocycles. The standard InChI is InChI=1S/C17H36O3S/c1-5-6-7-8-9-10-11-12-13-14-15-16(2)17(3,4)21(18,19)20/h16H,5-15H2,1-4H3,(H,18,19,20). The fraction of sp³-hybridized carbons (Fsp3) is 1.00. The van der Waals surface area contributed by atoms with Crippen molar-refractivity contribution >= 4 is 10.1 Å². The van der Waals surface area contributed by atoms with Gasteiger partial charge in [0.1, 0.15) is 0 Å². The van der Waals surface area contributed by atoms with Gasteiger partial charge < -0.3 is 0 Å². The summed E-state index contributed by atoms with van der Waals surface area (Å²) in [6.07, 6.45) is 13.7. The SMILES string of the molecule is CCCCCCCCCCCCC(C)C(C)(C)S(=O)(=O)O. The largest absolute Gasteiger partial charge is 0.285 e. The molecule has 0 heterocycles. The van der Waals surface area contributed by atoms with E-state index in [4.69, 9.17) is 0 Å². The second kappa shape index (κ2) is 10.6. The van der Waals surface area contributed by atoms with E-state index < -0.39 is 14.9 Å². The first-order valence-electron chi connectivity index (χ1n) is 8.70. The Hall–Kier alpha value is -0.0900. The summed E-state index contributed by atoms with van der Waals surface area (Å²) in [5, 5.41) is 0. The van der Waals surface area contributed by atoms with Crippen molar-refractivity contribution in [1.29, 1.82) is 0 Å². The average molecular weight is 321 g/mol. The molecule has 0 saturated heterocycles. The van der Waals surface area contributed by atoms with E-state index in [0.717, 1.165) is 12.8 Å². The average Bonchev–Trinajstić information content (AvgIpc) is 2.39. The molecular formula is C17H36O3S. The summed E-state index contributed by atoms with van der Waals surface area (Å²) in [5.41, 5.74) is 0. The lowest BCUT2D eigenvalue weighted by molar-refractivity contribution is 0.351. The van der Waals surface area contributed by atoms with Crippen LogP contribution >= 0.6 is 0 Å². The fourth-order valence-corrected chi connectivity index (χ4v) is 3.17. The topological polar surface area (TPSA) is 54.4 Å². The van der Waals surface area contributed by atoms with Crippen molar-refractivity contribution in [3.63, 3.8) is 0 Å². The van der Waals surface area contributed by atoms with Gasteiger partial charge in [-0.1, -0.05) is 78.1 Å². The third kappa shape index (κ3) is 8.82. The molecule has 0 amide bonds. The molecular weight excluding hydrogens is 284 g/mol. The zero-order chi connectivity index (χ0) is 16.4. The summed E-state index contributed by atoms with van der Waals surface area (Å²) in [4.78, 5) is 0. The Bertz CT molecular complexity index is 347. The van der Waals surface area contributed by atoms with E-state index >= 15 is 0 Å². The van der Waals surface area contributed by atoms with Crippen molar-refractivity contribution in [2.45, 2.75) is 103 Å². The molecule has 0 aliphatic carbocycles. The maximum atomic E-state index is 11.3. The van der Waals surface area contributed by atoms with E-state index in [2.05, 4.69) is 6.92 Å². The molecule has 128 valence electrons. The minimum Gasteiger partial charge on any atom is -0.285 e.